The average molecular weight is 353 g/mol. The van der Waals surface area contributed by atoms with Gasteiger partial charge in [0.2, 0.25) is 0 Å². The minimum absolute atomic E-state index is 0.542. The number of pyridine rings is 1. The van der Waals surface area contributed by atoms with Gasteiger partial charge in [-0.1, -0.05) is 0 Å². The zero-order chi connectivity index (χ0) is 15.2. The van der Waals surface area contributed by atoms with Crippen LogP contribution in [-0.4, -0.2) is 26.3 Å². The molecular weight excluding hydrogens is 336 g/mol. The molecule has 0 amide bonds. The van der Waals surface area contributed by atoms with Crippen molar-refractivity contribution in [1.29, 1.82) is 0 Å². The summed E-state index contributed by atoms with van der Waals surface area (Å²) in [5.74, 6) is 2.10. The van der Waals surface area contributed by atoms with Gasteiger partial charge in [-0.2, -0.15) is 0 Å². The van der Waals surface area contributed by atoms with Gasteiger partial charge in [0.1, 0.15) is 21.9 Å². The first-order valence-electron chi connectivity index (χ1n) is 6.33. The highest BCUT2D eigenvalue weighted by Crippen LogP contribution is 2.34. The average Bonchev–Trinajstić information content (AvgIpc) is 2.53. The van der Waals surface area contributed by atoms with E-state index in [1.54, 1.807) is 27.5 Å². The number of ether oxygens (including phenoxy) is 3. The Bertz CT molecular complexity index is 595. The molecular formula is C15H17BrN2O3. The van der Waals surface area contributed by atoms with Gasteiger partial charge in [0.25, 0.3) is 0 Å². The predicted molar refractivity (Wildman–Crippen MR) is 85.4 cm³/mol. The molecule has 0 aliphatic heterocycles. The molecule has 0 aliphatic carbocycles. The first-order chi connectivity index (χ1) is 10.2. The molecule has 1 heterocycles. The molecule has 0 spiro atoms. The lowest BCUT2D eigenvalue weighted by Crippen LogP contribution is -2.05. The normalized spacial score (nSPS) is 10.1. The number of aromatic nitrogens is 1. The van der Waals surface area contributed by atoms with Crippen molar-refractivity contribution in [2.24, 2.45) is 0 Å². The second-order valence-electron chi connectivity index (χ2n) is 4.21. The highest BCUT2D eigenvalue weighted by molar-refractivity contribution is 9.10. The van der Waals surface area contributed by atoms with Gasteiger partial charge in [-0.3, -0.25) is 0 Å². The number of nitrogens with one attached hydrogen (secondary N) is 1. The minimum atomic E-state index is 0.542. The van der Waals surface area contributed by atoms with E-state index in [1.807, 2.05) is 24.3 Å². The van der Waals surface area contributed by atoms with E-state index in [9.17, 15) is 0 Å². The van der Waals surface area contributed by atoms with Crippen LogP contribution in [0.25, 0.3) is 0 Å². The van der Waals surface area contributed by atoms with E-state index in [-0.39, 0.29) is 0 Å². The van der Waals surface area contributed by atoms with Crippen LogP contribution >= 0.6 is 15.9 Å². The highest BCUT2D eigenvalue weighted by atomic mass is 79.9. The summed E-state index contributed by atoms with van der Waals surface area (Å²) >= 11 is 3.41. The van der Waals surface area contributed by atoms with Gasteiger partial charge in [0.05, 0.1) is 32.6 Å². The predicted octanol–water partition coefficient (Wildman–Crippen LogP) is 3.48. The van der Waals surface area contributed by atoms with Crippen LogP contribution in [0.2, 0.25) is 0 Å². The largest absolute Gasteiger partial charge is 0.496 e. The standard InChI is InChI=1S/C15H17BrN2O3/c1-19-10-7-13(20-2)11(14(8-10)21-3)9-18-12-5-4-6-17-15(12)16/h4-8,18H,9H2,1-3H3. The topological polar surface area (TPSA) is 52.6 Å². The molecule has 21 heavy (non-hydrogen) atoms. The van der Waals surface area contributed by atoms with Crippen molar-refractivity contribution in [2.45, 2.75) is 6.54 Å². The van der Waals surface area contributed by atoms with Crippen molar-refractivity contribution in [3.8, 4) is 17.2 Å². The van der Waals surface area contributed by atoms with Crippen LogP contribution < -0.4 is 19.5 Å². The quantitative estimate of drug-likeness (QED) is 0.806. The Morgan fingerprint density at radius 1 is 1.10 bits per heavy atom. The summed E-state index contributed by atoms with van der Waals surface area (Å²) in [7, 11) is 4.86. The maximum Gasteiger partial charge on any atom is 0.131 e. The molecule has 0 saturated carbocycles. The van der Waals surface area contributed by atoms with E-state index in [2.05, 4.69) is 26.2 Å². The zero-order valence-corrected chi connectivity index (χ0v) is 13.7. The maximum atomic E-state index is 5.42. The Hall–Kier alpha value is -1.95. The maximum absolute atomic E-state index is 5.42. The van der Waals surface area contributed by atoms with Crippen LogP contribution in [0.15, 0.2) is 35.1 Å². The van der Waals surface area contributed by atoms with E-state index in [4.69, 9.17) is 14.2 Å². The minimum Gasteiger partial charge on any atom is -0.496 e. The summed E-state index contributed by atoms with van der Waals surface area (Å²) in [4.78, 5) is 4.18. The number of rotatable bonds is 6. The number of nitrogens with zero attached hydrogens (tertiary/aromatic N) is 1. The van der Waals surface area contributed by atoms with Crippen molar-refractivity contribution in [3.05, 3.63) is 40.6 Å². The number of benzene rings is 1. The van der Waals surface area contributed by atoms with E-state index in [0.29, 0.717) is 23.8 Å². The van der Waals surface area contributed by atoms with Gasteiger partial charge in [-0.15, -0.1) is 0 Å². The van der Waals surface area contributed by atoms with Crippen LogP contribution in [-0.2, 0) is 6.54 Å². The Morgan fingerprint density at radius 2 is 1.76 bits per heavy atom. The van der Waals surface area contributed by atoms with Crippen molar-refractivity contribution in [1.82, 2.24) is 4.98 Å². The van der Waals surface area contributed by atoms with Crippen molar-refractivity contribution in [2.75, 3.05) is 26.6 Å². The molecule has 0 aliphatic rings. The van der Waals surface area contributed by atoms with Crippen molar-refractivity contribution < 1.29 is 14.2 Å². The fourth-order valence-electron chi connectivity index (χ4n) is 1.95. The Morgan fingerprint density at radius 3 is 2.29 bits per heavy atom. The van der Waals surface area contributed by atoms with Crippen LogP contribution in [0.4, 0.5) is 5.69 Å². The SMILES string of the molecule is COc1cc(OC)c(CNc2cccnc2Br)c(OC)c1. The van der Waals surface area contributed by atoms with E-state index in [1.165, 1.54) is 0 Å². The first-order valence-corrected chi connectivity index (χ1v) is 7.12. The number of hydrogen-bond acceptors (Lipinski definition) is 5. The van der Waals surface area contributed by atoms with Crippen LogP contribution in [0.5, 0.6) is 17.2 Å². The summed E-state index contributed by atoms with van der Waals surface area (Å²) in [5.41, 5.74) is 1.81. The van der Waals surface area contributed by atoms with E-state index < -0.39 is 0 Å². The van der Waals surface area contributed by atoms with Gasteiger partial charge < -0.3 is 19.5 Å². The lowest BCUT2D eigenvalue weighted by Gasteiger charge is -2.16. The van der Waals surface area contributed by atoms with Crippen molar-refractivity contribution in [3.63, 3.8) is 0 Å². The van der Waals surface area contributed by atoms with Gasteiger partial charge >= 0.3 is 0 Å². The lowest BCUT2D eigenvalue weighted by molar-refractivity contribution is 0.369. The monoisotopic (exact) mass is 352 g/mol. The molecule has 1 aromatic heterocycles. The van der Waals surface area contributed by atoms with E-state index >= 15 is 0 Å². The first kappa shape index (κ1) is 15.4. The van der Waals surface area contributed by atoms with Gasteiger partial charge in [-0.25, -0.2) is 4.98 Å². The van der Waals surface area contributed by atoms with Crippen LogP contribution in [0.1, 0.15) is 5.56 Å². The summed E-state index contributed by atoms with van der Waals surface area (Å²) in [5, 5.41) is 3.31. The number of halogens is 1. The Balaban J connectivity index is 2.28. The summed E-state index contributed by atoms with van der Waals surface area (Å²) in [6.45, 7) is 0.542. The lowest BCUT2D eigenvalue weighted by atomic mass is 10.1. The molecule has 0 unspecified atom stereocenters. The second-order valence-corrected chi connectivity index (χ2v) is 4.96. The summed E-state index contributed by atoms with van der Waals surface area (Å²) < 4.78 is 16.8. The van der Waals surface area contributed by atoms with Gasteiger partial charge in [0.15, 0.2) is 0 Å². The van der Waals surface area contributed by atoms with Crippen LogP contribution in [0.3, 0.4) is 0 Å². The smallest absolute Gasteiger partial charge is 0.131 e. The third-order valence-corrected chi connectivity index (χ3v) is 3.66. The molecule has 1 aromatic carbocycles. The molecule has 5 nitrogen and oxygen atoms in total. The molecule has 0 radical (unpaired) electrons. The number of anilines is 1. The van der Waals surface area contributed by atoms with E-state index in [0.717, 1.165) is 15.9 Å². The molecule has 0 atom stereocenters. The molecule has 0 saturated heterocycles. The van der Waals surface area contributed by atoms with Crippen LogP contribution in [0, 0.1) is 0 Å². The Kier molecular flexibility index (Phi) is 5.27. The molecule has 2 aromatic rings. The van der Waals surface area contributed by atoms with Crippen molar-refractivity contribution >= 4 is 21.6 Å². The molecule has 1 N–H and O–H groups in total. The van der Waals surface area contributed by atoms with Gasteiger partial charge in [-0.05, 0) is 28.1 Å². The third kappa shape index (κ3) is 3.58. The number of hydrogen-bond donors (Lipinski definition) is 1. The summed E-state index contributed by atoms with van der Waals surface area (Å²) in [6, 6.07) is 7.48. The molecule has 2 rings (SSSR count). The molecule has 0 fully saturated rings. The Labute approximate surface area is 132 Å². The molecule has 112 valence electrons. The second kappa shape index (κ2) is 7.17. The highest BCUT2D eigenvalue weighted by Gasteiger charge is 2.13. The third-order valence-electron chi connectivity index (χ3n) is 3.03. The zero-order valence-electron chi connectivity index (χ0n) is 12.1. The molecule has 6 heteroatoms. The fourth-order valence-corrected chi connectivity index (χ4v) is 2.34. The summed E-state index contributed by atoms with van der Waals surface area (Å²) in [6.07, 6.45) is 1.73. The molecule has 0 bridgehead atoms. The fraction of sp³-hybridized carbons (Fsp3) is 0.267. The number of methoxy groups -OCH3 is 3. The van der Waals surface area contributed by atoms with Gasteiger partial charge in [0, 0.05) is 24.9 Å².